The van der Waals surface area contributed by atoms with E-state index in [9.17, 15) is 8.78 Å². The van der Waals surface area contributed by atoms with Crippen LogP contribution in [-0.2, 0) is 6.61 Å². The van der Waals surface area contributed by atoms with Gasteiger partial charge in [-0.3, -0.25) is 0 Å². The van der Waals surface area contributed by atoms with Gasteiger partial charge in [0.05, 0.1) is 6.61 Å². The lowest BCUT2D eigenvalue weighted by molar-refractivity contribution is 0.0806. The van der Waals surface area contributed by atoms with Crippen LogP contribution < -0.4 is 4.74 Å². The lowest BCUT2D eigenvalue weighted by Crippen LogP contribution is -2.08. The predicted molar refractivity (Wildman–Crippen MR) is 48.9 cm³/mol. The average molecular weight is 223 g/mol. The topological polar surface area (TPSA) is 29.5 Å². The van der Waals surface area contributed by atoms with E-state index in [1.54, 1.807) is 0 Å². The van der Waals surface area contributed by atoms with E-state index in [0.29, 0.717) is 10.6 Å². The van der Waals surface area contributed by atoms with Gasteiger partial charge in [-0.25, -0.2) is 8.78 Å². The van der Waals surface area contributed by atoms with Crippen molar-refractivity contribution in [2.24, 2.45) is 0 Å². The van der Waals surface area contributed by atoms with Crippen molar-refractivity contribution >= 4 is 11.6 Å². The standard InChI is InChI=1S/C9H9ClF2O2/c10-7-1-2-8(6(3-7)4-13)14-5-9(11)12/h1-3,9,13H,4-5H2. The number of benzene rings is 1. The fourth-order valence-corrected chi connectivity index (χ4v) is 1.16. The lowest BCUT2D eigenvalue weighted by Gasteiger charge is -2.09. The van der Waals surface area contributed by atoms with Gasteiger partial charge in [-0.2, -0.15) is 0 Å². The van der Waals surface area contributed by atoms with Crippen LogP contribution in [0.25, 0.3) is 0 Å². The SMILES string of the molecule is OCc1cc(Cl)ccc1OCC(F)F. The van der Waals surface area contributed by atoms with Gasteiger partial charge >= 0.3 is 0 Å². The summed E-state index contributed by atoms with van der Waals surface area (Å²) in [5.74, 6) is 0.234. The molecule has 78 valence electrons. The van der Waals surface area contributed by atoms with Crippen LogP contribution in [0.4, 0.5) is 8.78 Å². The van der Waals surface area contributed by atoms with Gasteiger partial charge in [0, 0.05) is 10.6 Å². The van der Waals surface area contributed by atoms with E-state index in [1.807, 2.05) is 0 Å². The summed E-state index contributed by atoms with van der Waals surface area (Å²) in [5, 5.41) is 9.31. The van der Waals surface area contributed by atoms with E-state index in [4.69, 9.17) is 21.4 Å². The Labute approximate surface area is 85.1 Å². The summed E-state index contributed by atoms with van der Waals surface area (Å²) in [6, 6.07) is 4.44. The van der Waals surface area contributed by atoms with Gasteiger partial charge in [0.1, 0.15) is 12.4 Å². The van der Waals surface area contributed by atoms with E-state index in [2.05, 4.69) is 0 Å². The molecule has 0 unspecified atom stereocenters. The molecule has 1 rings (SSSR count). The largest absolute Gasteiger partial charge is 0.487 e. The first-order valence-corrected chi connectivity index (χ1v) is 4.31. The van der Waals surface area contributed by atoms with Crippen LogP contribution in [0.15, 0.2) is 18.2 Å². The van der Waals surface area contributed by atoms with Gasteiger partial charge < -0.3 is 9.84 Å². The summed E-state index contributed by atoms with van der Waals surface area (Å²) in [7, 11) is 0. The second-order valence-electron chi connectivity index (χ2n) is 2.61. The second-order valence-corrected chi connectivity index (χ2v) is 3.05. The van der Waals surface area contributed by atoms with Gasteiger partial charge in [0.25, 0.3) is 6.43 Å². The molecule has 2 nitrogen and oxygen atoms in total. The van der Waals surface area contributed by atoms with Crippen LogP contribution in [0, 0.1) is 0 Å². The third kappa shape index (κ3) is 3.12. The number of hydrogen-bond acceptors (Lipinski definition) is 2. The molecule has 0 atom stereocenters. The minimum atomic E-state index is -2.53. The van der Waals surface area contributed by atoms with E-state index in [0.717, 1.165) is 0 Å². The van der Waals surface area contributed by atoms with Crippen LogP contribution >= 0.6 is 11.6 Å². The quantitative estimate of drug-likeness (QED) is 0.848. The molecule has 1 aromatic rings. The van der Waals surface area contributed by atoms with E-state index in [-0.39, 0.29) is 12.4 Å². The van der Waals surface area contributed by atoms with Gasteiger partial charge in [-0.15, -0.1) is 0 Å². The Bertz CT molecular complexity index is 305. The van der Waals surface area contributed by atoms with Crippen LogP contribution in [0.5, 0.6) is 5.75 Å². The summed E-state index contributed by atoms with van der Waals surface area (Å²) >= 11 is 5.64. The van der Waals surface area contributed by atoms with Crippen molar-refractivity contribution < 1.29 is 18.6 Å². The summed E-state index contributed by atoms with van der Waals surface area (Å²) < 4.78 is 28.4. The normalized spacial score (nSPS) is 10.6. The molecule has 0 radical (unpaired) electrons. The van der Waals surface area contributed by atoms with Crippen molar-refractivity contribution in [3.63, 3.8) is 0 Å². The zero-order chi connectivity index (χ0) is 10.6. The maximum Gasteiger partial charge on any atom is 0.272 e. The monoisotopic (exact) mass is 222 g/mol. The van der Waals surface area contributed by atoms with Crippen molar-refractivity contribution in [3.05, 3.63) is 28.8 Å². The number of alkyl halides is 2. The van der Waals surface area contributed by atoms with Crippen LogP contribution in [0.2, 0.25) is 5.02 Å². The first kappa shape index (κ1) is 11.2. The fraction of sp³-hybridized carbons (Fsp3) is 0.333. The highest BCUT2D eigenvalue weighted by Gasteiger charge is 2.07. The zero-order valence-corrected chi connectivity index (χ0v) is 7.97. The van der Waals surface area contributed by atoms with Gasteiger partial charge in [-0.05, 0) is 18.2 Å². The number of aliphatic hydroxyl groups is 1. The third-order valence-corrected chi connectivity index (χ3v) is 1.79. The predicted octanol–water partition coefficient (Wildman–Crippen LogP) is 2.48. The zero-order valence-electron chi connectivity index (χ0n) is 7.21. The Morgan fingerprint density at radius 3 is 2.71 bits per heavy atom. The maximum atomic E-state index is 11.8. The molecule has 14 heavy (non-hydrogen) atoms. The van der Waals surface area contributed by atoms with E-state index >= 15 is 0 Å². The number of hydrogen-bond donors (Lipinski definition) is 1. The molecule has 0 aliphatic heterocycles. The molecule has 0 bridgehead atoms. The average Bonchev–Trinajstić information content (AvgIpc) is 2.15. The molecule has 0 fully saturated rings. The molecule has 0 heterocycles. The van der Waals surface area contributed by atoms with Crippen molar-refractivity contribution in [2.45, 2.75) is 13.0 Å². The molecule has 5 heteroatoms. The van der Waals surface area contributed by atoms with E-state index < -0.39 is 13.0 Å². The first-order valence-electron chi connectivity index (χ1n) is 3.93. The number of aliphatic hydroxyl groups excluding tert-OH is 1. The molecule has 0 spiro atoms. The molecule has 0 aromatic heterocycles. The molecule has 0 saturated carbocycles. The van der Waals surface area contributed by atoms with Gasteiger partial charge in [0.15, 0.2) is 0 Å². The summed E-state index contributed by atoms with van der Waals surface area (Å²) in [6.07, 6.45) is -2.53. The minimum Gasteiger partial charge on any atom is -0.487 e. The van der Waals surface area contributed by atoms with Crippen molar-refractivity contribution in [3.8, 4) is 5.75 Å². The second kappa shape index (κ2) is 5.12. The Kier molecular flexibility index (Phi) is 4.10. The Morgan fingerprint density at radius 2 is 2.14 bits per heavy atom. The van der Waals surface area contributed by atoms with Gasteiger partial charge in [0.2, 0.25) is 0 Å². The molecule has 0 aliphatic rings. The molecule has 0 aliphatic carbocycles. The summed E-state index contributed by atoms with van der Waals surface area (Å²) in [5.41, 5.74) is 0.401. The molecule has 0 saturated heterocycles. The van der Waals surface area contributed by atoms with Crippen molar-refractivity contribution in [1.82, 2.24) is 0 Å². The van der Waals surface area contributed by atoms with Crippen LogP contribution in [0.3, 0.4) is 0 Å². The number of ether oxygens (including phenoxy) is 1. The van der Waals surface area contributed by atoms with E-state index in [1.165, 1.54) is 18.2 Å². The fourth-order valence-electron chi connectivity index (χ4n) is 0.965. The summed E-state index contributed by atoms with van der Waals surface area (Å²) in [6.45, 7) is -0.978. The van der Waals surface area contributed by atoms with Crippen molar-refractivity contribution in [1.29, 1.82) is 0 Å². The number of halogens is 3. The smallest absolute Gasteiger partial charge is 0.272 e. The lowest BCUT2D eigenvalue weighted by atomic mass is 10.2. The molecule has 0 amide bonds. The Balaban J connectivity index is 2.75. The highest BCUT2D eigenvalue weighted by molar-refractivity contribution is 6.30. The highest BCUT2D eigenvalue weighted by atomic mass is 35.5. The molecular weight excluding hydrogens is 214 g/mol. The molecule has 1 aromatic carbocycles. The summed E-state index contributed by atoms with van der Waals surface area (Å²) in [4.78, 5) is 0. The van der Waals surface area contributed by atoms with Gasteiger partial charge in [-0.1, -0.05) is 11.6 Å². The van der Waals surface area contributed by atoms with Crippen LogP contribution in [0.1, 0.15) is 5.56 Å². The minimum absolute atomic E-state index is 0.234. The highest BCUT2D eigenvalue weighted by Crippen LogP contribution is 2.23. The Hall–Kier alpha value is -0.870. The molecular formula is C9H9ClF2O2. The van der Waals surface area contributed by atoms with Crippen LogP contribution in [-0.4, -0.2) is 18.1 Å². The maximum absolute atomic E-state index is 11.8. The Morgan fingerprint density at radius 1 is 1.43 bits per heavy atom. The molecule has 1 N–H and O–H groups in total. The third-order valence-electron chi connectivity index (χ3n) is 1.56. The first-order chi connectivity index (χ1) is 6.63. The number of rotatable bonds is 4. The van der Waals surface area contributed by atoms with Crippen molar-refractivity contribution in [2.75, 3.05) is 6.61 Å².